The van der Waals surface area contributed by atoms with E-state index in [4.69, 9.17) is 0 Å². The Morgan fingerprint density at radius 2 is 2.35 bits per heavy atom. The van der Waals surface area contributed by atoms with E-state index in [9.17, 15) is 14.3 Å². The Balaban J connectivity index is 2.07. The van der Waals surface area contributed by atoms with E-state index < -0.39 is 11.7 Å². The van der Waals surface area contributed by atoms with Gasteiger partial charge in [-0.3, -0.25) is 9.89 Å². The van der Waals surface area contributed by atoms with E-state index in [1.54, 1.807) is 12.4 Å². The van der Waals surface area contributed by atoms with Gasteiger partial charge < -0.3 is 10.4 Å². The van der Waals surface area contributed by atoms with Crippen molar-refractivity contribution in [2.75, 3.05) is 0 Å². The van der Waals surface area contributed by atoms with Crippen molar-refractivity contribution in [1.29, 1.82) is 0 Å². The van der Waals surface area contributed by atoms with Crippen LogP contribution in [0.4, 0.5) is 4.39 Å². The number of halogens is 1. The Hall–Kier alpha value is -2.37. The fourth-order valence-corrected chi connectivity index (χ4v) is 1.34. The van der Waals surface area contributed by atoms with Gasteiger partial charge >= 0.3 is 0 Å². The number of nitrogens with one attached hydrogen (secondary N) is 2. The van der Waals surface area contributed by atoms with E-state index in [2.05, 4.69) is 15.5 Å². The maximum absolute atomic E-state index is 12.9. The number of rotatable bonds is 3. The predicted molar refractivity (Wildman–Crippen MR) is 57.8 cm³/mol. The minimum Gasteiger partial charge on any atom is -0.507 e. The van der Waals surface area contributed by atoms with Crippen LogP contribution in [0.3, 0.4) is 0 Å². The zero-order valence-corrected chi connectivity index (χ0v) is 8.77. The van der Waals surface area contributed by atoms with Crippen LogP contribution in [-0.4, -0.2) is 21.2 Å². The Kier molecular flexibility index (Phi) is 3.04. The molecule has 2 rings (SSSR count). The second-order valence-electron chi connectivity index (χ2n) is 3.45. The van der Waals surface area contributed by atoms with Gasteiger partial charge in [0.1, 0.15) is 11.6 Å². The number of aromatic amines is 1. The number of carbonyl (C=O) groups excluding carboxylic acids is 1. The summed E-state index contributed by atoms with van der Waals surface area (Å²) in [5.74, 6) is -1.37. The monoisotopic (exact) mass is 235 g/mol. The van der Waals surface area contributed by atoms with Crippen LogP contribution in [-0.2, 0) is 6.54 Å². The molecule has 0 atom stereocenters. The quantitative estimate of drug-likeness (QED) is 0.747. The van der Waals surface area contributed by atoms with Crippen molar-refractivity contribution in [3.8, 4) is 5.75 Å². The molecule has 88 valence electrons. The molecule has 1 heterocycles. The van der Waals surface area contributed by atoms with Crippen LogP contribution in [0.5, 0.6) is 5.75 Å². The molecule has 0 aliphatic carbocycles. The van der Waals surface area contributed by atoms with Crippen LogP contribution in [0, 0.1) is 5.82 Å². The summed E-state index contributed by atoms with van der Waals surface area (Å²) < 4.78 is 12.9. The molecule has 2 aromatic rings. The molecule has 0 aliphatic heterocycles. The van der Waals surface area contributed by atoms with Gasteiger partial charge in [0, 0.05) is 18.3 Å². The molecule has 0 radical (unpaired) electrons. The van der Waals surface area contributed by atoms with Crippen molar-refractivity contribution in [2.24, 2.45) is 0 Å². The Labute approximate surface area is 96.3 Å². The molecule has 5 nitrogen and oxygen atoms in total. The number of carbonyl (C=O) groups is 1. The normalized spacial score (nSPS) is 10.2. The molecule has 17 heavy (non-hydrogen) atoms. The van der Waals surface area contributed by atoms with Gasteiger partial charge in [0.2, 0.25) is 0 Å². The molecule has 1 aromatic carbocycles. The van der Waals surface area contributed by atoms with Gasteiger partial charge in [-0.15, -0.1) is 0 Å². The third-order valence-electron chi connectivity index (χ3n) is 2.21. The summed E-state index contributed by atoms with van der Waals surface area (Å²) in [4.78, 5) is 11.6. The fourth-order valence-electron chi connectivity index (χ4n) is 1.34. The van der Waals surface area contributed by atoms with Gasteiger partial charge in [-0.05, 0) is 18.2 Å². The zero-order valence-electron chi connectivity index (χ0n) is 8.77. The standard InChI is InChI=1S/C11H10FN3O2/c12-8-1-2-10(16)9(3-8)11(17)13-4-7-5-14-15-6-7/h1-3,5-6,16H,4H2,(H,13,17)(H,14,15). The first kappa shape index (κ1) is 11.1. The summed E-state index contributed by atoms with van der Waals surface area (Å²) in [6, 6.07) is 3.21. The summed E-state index contributed by atoms with van der Waals surface area (Å²) in [6.45, 7) is 0.255. The number of phenols is 1. The minimum atomic E-state index is -0.573. The lowest BCUT2D eigenvalue weighted by Gasteiger charge is -2.05. The molecule has 1 amide bonds. The third kappa shape index (κ3) is 2.60. The summed E-state index contributed by atoms with van der Waals surface area (Å²) in [6.07, 6.45) is 3.19. The first-order chi connectivity index (χ1) is 8.16. The summed E-state index contributed by atoms with van der Waals surface area (Å²) in [5, 5.41) is 18.3. The van der Waals surface area contributed by atoms with Crippen LogP contribution >= 0.6 is 0 Å². The number of aromatic hydroxyl groups is 1. The Morgan fingerprint density at radius 3 is 3.06 bits per heavy atom. The summed E-state index contributed by atoms with van der Waals surface area (Å²) in [7, 11) is 0. The largest absolute Gasteiger partial charge is 0.507 e. The van der Waals surface area contributed by atoms with Gasteiger partial charge in [0.05, 0.1) is 11.8 Å². The van der Waals surface area contributed by atoms with Crippen LogP contribution in [0.25, 0.3) is 0 Å². The topological polar surface area (TPSA) is 78.0 Å². The average Bonchev–Trinajstić information content (AvgIpc) is 2.82. The molecule has 1 aromatic heterocycles. The van der Waals surface area contributed by atoms with Crippen molar-refractivity contribution in [3.63, 3.8) is 0 Å². The van der Waals surface area contributed by atoms with Gasteiger partial charge in [-0.2, -0.15) is 5.10 Å². The minimum absolute atomic E-state index is 0.0894. The van der Waals surface area contributed by atoms with Crippen LogP contribution < -0.4 is 5.32 Å². The molecule has 3 N–H and O–H groups in total. The molecule has 0 aliphatic rings. The lowest BCUT2D eigenvalue weighted by Crippen LogP contribution is -2.22. The number of phenolic OH excluding ortho intramolecular Hbond substituents is 1. The highest BCUT2D eigenvalue weighted by atomic mass is 19.1. The lowest BCUT2D eigenvalue weighted by molar-refractivity contribution is 0.0948. The molecule has 0 fully saturated rings. The van der Waals surface area contributed by atoms with Gasteiger partial charge in [-0.25, -0.2) is 4.39 Å². The van der Waals surface area contributed by atoms with E-state index >= 15 is 0 Å². The molecule has 6 heteroatoms. The van der Waals surface area contributed by atoms with Crippen LogP contribution in [0.1, 0.15) is 15.9 Å². The molecule has 0 saturated carbocycles. The van der Waals surface area contributed by atoms with Crippen molar-refractivity contribution >= 4 is 5.91 Å². The number of nitrogens with zero attached hydrogens (tertiary/aromatic N) is 1. The van der Waals surface area contributed by atoms with Crippen molar-refractivity contribution in [1.82, 2.24) is 15.5 Å². The van der Waals surface area contributed by atoms with Gasteiger partial charge in [-0.1, -0.05) is 0 Å². The number of aromatic nitrogens is 2. The molecular formula is C11H10FN3O2. The van der Waals surface area contributed by atoms with Gasteiger partial charge in [0.25, 0.3) is 5.91 Å². The Morgan fingerprint density at radius 1 is 1.53 bits per heavy atom. The van der Waals surface area contributed by atoms with E-state index in [0.29, 0.717) is 0 Å². The van der Waals surface area contributed by atoms with Crippen molar-refractivity contribution in [3.05, 3.63) is 47.5 Å². The first-order valence-corrected chi connectivity index (χ1v) is 4.91. The van der Waals surface area contributed by atoms with Crippen molar-refractivity contribution in [2.45, 2.75) is 6.54 Å². The average molecular weight is 235 g/mol. The number of hydrogen-bond acceptors (Lipinski definition) is 3. The molecule has 0 spiro atoms. The summed E-state index contributed by atoms with van der Waals surface area (Å²) in [5.41, 5.74) is 0.697. The smallest absolute Gasteiger partial charge is 0.255 e. The van der Waals surface area contributed by atoms with E-state index in [1.807, 2.05) is 0 Å². The summed E-state index contributed by atoms with van der Waals surface area (Å²) >= 11 is 0. The molecule has 0 bridgehead atoms. The fraction of sp³-hybridized carbons (Fsp3) is 0.0909. The highest BCUT2D eigenvalue weighted by molar-refractivity contribution is 5.96. The maximum atomic E-state index is 12.9. The third-order valence-corrected chi connectivity index (χ3v) is 2.21. The highest BCUT2D eigenvalue weighted by Gasteiger charge is 2.11. The molecule has 0 unspecified atom stereocenters. The Bertz CT molecular complexity index is 526. The van der Waals surface area contributed by atoms with E-state index in [-0.39, 0.29) is 17.9 Å². The maximum Gasteiger partial charge on any atom is 0.255 e. The number of hydrogen-bond donors (Lipinski definition) is 3. The first-order valence-electron chi connectivity index (χ1n) is 4.91. The van der Waals surface area contributed by atoms with Crippen LogP contribution in [0.15, 0.2) is 30.6 Å². The highest BCUT2D eigenvalue weighted by Crippen LogP contribution is 2.17. The number of amides is 1. The zero-order chi connectivity index (χ0) is 12.3. The van der Waals surface area contributed by atoms with Crippen molar-refractivity contribution < 1.29 is 14.3 Å². The number of H-pyrrole nitrogens is 1. The number of benzene rings is 1. The van der Waals surface area contributed by atoms with E-state index in [0.717, 1.165) is 23.8 Å². The SMILES string of the molecule is O=C(NCc1cn[nH]c1)c1cc(F)ccc1O. The second kappa shape index (κ2) is 4.65. The predicted octanol–water partition coefficient (Wildman–Crippen LogP) is 1.18. The van der Waals surface area contributed by atoms with Gasteiger partial charge in [0.15, 0.2) is 0 Å². The van der Waals surface area contributed by atoms with E-state index in [1.165, 1.54) is 0 Å². The van der Waals surface area contributed by atoms with Crippen LogP contribution in [0.2, 0.25) is 0 Å². The lowest BCUT2D eigenvalue weighted by atomic mass is 10.2. The molecule has 0 saturated heterocycles. The second-order valence-corrected chi connectivity index (χ2v) is 3.45. The molecular weight excluding hydrogens is 225 g/mol.